The predicted octanol–water partition coefficient (Wildman–Crippen LogP) is 2.20. The molecule has 0 amide bonds. The smallest absolute Gasteiger partial charge is 0.272 e. The molecule has 0 aliphatic carbocycles. The zero-order chi connectivity index (χ0) is 19.0. The van der Waals surface area contributed by atoms with Crippen molar-refractivity contribution < 1.29 is 4.39 Å². The topological polar surface area (TPSA) is 67.2 Å². The van der Waals surface area contributed by atoms with E-state index in [0.29, 0.717) is 48.2 Å². The molecule has 1 aliphatic heterocycles. The van der Waals surface area contributed by atoms with Crippen LogP contribution in [0.25, 0.3) is 10.2 Å². The van der Waals surface area contributed by atoms with Gasteiger partial charge in [-0.2, -0.15) is 0 Å². The molecule has 0 spiro atoms. The van der Waals surface area contributed by atoms with Crippen LogP contribution >= 0.6 is 11.3 Å². The van der Waals surface area contributed by atoms with Crippen LogP contribution in [0.1, 0.15) is 19.0 Å². The van der Waals surface area contributed by atoms with Crippen LogP contribution in [0, 0.1) is 5.82 Å². The third-order valence-corrected chi connectivity index (χ3v) is 5.81. The van der Waals surface area contributed by atoms with E-state index >= 15 is 0 Å². The van der Waals surface area contributed by atoms with Gasteiger partial charge in [0.1, 0.15) is 11.0 Å². The van der Waals surface area contributed by atoms with Gasteiger partial charge in [-0.1, -0.05) is 6.92 Å². The summed E-state index contributed by atoms with van der Waals surface area (Å²) >= 11 is 1.41. The maximum absolute atomic E-state index is 14.6. The van der Waals surface area contributed by atoms with E-state index in [-0.39, 0.29) is 11.4 Å². The Kier molecular flexibility index (Phi) is 4.77. The number of halogens is 1. The second-order valence-electron chi connectivity index (χ2n) is 6.55. The summed E-state index contributed by atoms with van der Waals surface area (Å²) in [5.74, 6) is 0.683. The molecule has 0 bridgehead atoms. The first-order valence-corrected chi connectivity index (χ1v) is 9.91. The van der Waals surface area contributed by atoms with Gasteiger partial charge < -0.3 is 9.80 Å². The highest BCUT2D eigenvalue weighted by atomic mass is 32.1. The molecule has 0 aromatic carbocycles. The quantitative estimate of drug-likeness (QED) is 0.685. The fourth-order valence-electron chi connectivity index (χ4n) is 3.45. The lowest BCUT2D eigenvalue weighted by Crippen LogP contribution is -2.35. The summed E-state index contributed by atoms with van der Waals surface area (Å²) in [6.45, 7) is 4.57. The second kappa shape index (κ2) is 7.22. The van der Waals surface area contributed by atoms with E-state index in [0.717, 1.165) is 18.5 Å². The van der Waals surface area contributed by atoms with E-state index < -0.39 is 0 Å². The average molecular weight is 388 g/mol. The Morgan fingerprint density at radius 2 is 1.96 bits per heavy atom. The fourth-order valence-corrected chi connectivity index (χ4v) is 4.26. The summed E-state index contributed by atoms with van der Waals surface area (Å²) in [5, 5.41) is 1.89. The molecule has 3 aromatic rings. The van der Waals surface area contributed by atoms with Crippen LogP contribution in [0.3, 0.4) is 0 Å². The molecular weight excluding hydrogens is 367 g/mol. The van der Waals surface area contributed by atoms with Crippen molar-refractivity contribution in [1.29, 1.82) is 0 Å². The fraction of sp³-hybridized carbons (Fsp3) is 0.444. The third-order valence-electron chi connectivity index (χ3n) is 4.92. The van der Waals surface area contributed by atoms with Crippen LogP contribution in [0.2, 0.25) is 0 Å². The third kappa shape index (κ3) is 3.16. The van der Waals surface area contributed by atoms with Crippen molar-refractivity contribution in [3.05, 3.63) is 39.6 Å². The summed E-state index contributed by atoms with van der Waals surface area (Å²) in [6, 6.07) is 1.87. The Bertz CT molecular complexity index is 1030. The SMILES string of the molecule is CCc1ncnc(N2CCCN(c3nc4ccsc4c(=O)n3C)CC2)c1F. The molecule has 1 fully saturated rings. The van der Waals surface area contributed by atoms with Gasteiger partial charge in [0.15, 0.2) is 11.6 Å². The lowest BCUT2D eigenvalue weighted by atomic mass is 10.3. The van der Waals surface area contributed by atoms with Crippen LogP contribution in [-0.2, 0) is 13.5 Å². The van der Waals surface area contributed by atoms with Crippen LogP contribution < -0.4 is 15.4 Å². The first-order valence-electron chi connectivity index (χ1n) is 9.03. The Balaban J connectivity index is 1.61. The van der Waals surface area contributed by atoms with Gasteiger partial charge in [0.2, 0.25) is 5.95 Å². The van der Waals surface area contributed by atoms with Gasteiger partial charge in [-0.3, -0.25) is 9.36 Å². The van der Waals surface area contributed by atoms with Crippen molar-refractivity contribution in [2.24, 2.45) is 7.05 Å². The van der Waals surface area contributed by atoms with Gasteiger partial charge in [0.05, 0.1) is 11.2 Å². The Morgan fingerprint density at radius 3 is 2.78 bits per heavy atom. The highest BCUT2D eigenvalue weighted by Crippen LogP contribution is 2.23. The highest BCUT2D eigenvalue weighted by Gasteiger charge is 2.23. The number of aromatic nitrogens is 4. The van der Waals surface area contributed by atoms with Crippen LogP contribution in [-0.4, -0.2) is 45.7 Å². The van der Waals surface area contributed by atoms with Crippen molar-refractivity contribution in [1.82, 2.24) is 19.5 Å². The molecular formula is C18H21FN6OS. The van der Waals surface area contributed by atoms with Crippen LogP contribution in [0.15, 0.2) is 22.6 Å². The van der Waals surface area contributed by atoms with E-state index in [1.165, 1.54) is 17.7 Å². The van der Waals surface area contributed by atoms with E-state index in [9.17, 15) is 9.18 Å². The van der Waals surface area contributed by atoms with Gasteiger partial charge in [-0.15, -0.1) is 11.3 Å². The van der Waals surface area contributed by atoms with Crippen molar-refractivity contribution in [3.63, 3.8) is 0 Å². The molecule has 0 unspecified atom stereocenters. The standard InChI is InChI=1S/C18H21FN6OS/c1-3-12-14(19)16(21-11-20-12)24-6-4-7-25(9-8-24)18-22-13-5-10-27-15(13)17(26)23(18)2/h5,10-11H,3-4,6-9H2,1-2H3. The largest absolute Gasteiger partial charge is 0.352 e. The van der Waals surface area contributed by atoms with Gasteiger partial charge >= 0.3 is 0 Å². The van der Waals surface area contributed by atoms with E-state index in [1.807, 2.05) is 23.3 Å². The monoisotopic (exact) mass is 388 g/mol. The van der Waals surface area contributed by atoms with Gasteiger partial charge in [-0.25, -0.2) is 19.3 Å². The molecule has 0 atom stereocenters. The first-order chi connectivity index (χ1) is 13.1. The summed E-state index contributed by atoms with van der Waals surface area (Å²) < 4.78 is 16.9. The molecule has 27 heavy (non-hydrogen) atoms. The summed E-state index contributed by atoms with van der Waals surface area (Å²) in [4.78, 5) is 29.5. The number of anilines is 2. The minimum atomic E-state index is -0.335. The normalized spacial score (nSPS) is 15.4. The van der Waals surface area contributed by atoms with Crippen molar-refractivity contribution >= 4 is 33.3 Å². The summed E-state index contributed by atoms with van der Waals surface area (Å²) in [6.07, 6.45) is 2.78. The van der Waals surface area contributed by atoms with E-state index in [4.69, 9.17) is 0 Å². The van der Waals surface area contributed by atoms with Crippen molar-refractivity contribution in [3.8, 4) is 0 Å². The van der Waals surface area contributed by atoms with Crippen LogP contribution in [0.4, 0.5) is 16.2 Å². The lowest BCUT2D eigenvalue weighted by Gasteiger charge is -2.25. The Labute approximate surface area is 160 Å². The number of hydrogen-bond acceptors (Lipinski definition) is 7. The number of rotatable bonds is 3. The van der Waals surface area contributed by atoms with E-state index in [2.05, 4.69) is 19.9 Å². The van der Waals surface area contributed by atoms with Gasteiger partial charge in [0.25, 0.3) is 5.56 Å². The minimum absolute atomic E-state index is 0.0273. The zero-order valence-electron chi connectivity index (χ0n) is 15.4. The number of aryl methyl sites for hydroxylation is 1. The molecule has 9 heteroatoms. The summed E-state index contributed by atoms with van der Waals surface area (Å²) in [7, 11) is 1.75. The maximum atomic E-state index is 14.6. The minimum Gasteiger partial charge on any atom is -0.352 e. The number of thiophene rings is 1. The molecule has 4 rings (SSSR count). The number of fused-ring (bicyclic) bond motifs is 1. The molecule has 142 valence electrons. The molecule has 0 saturated carbocycles. The molecule has 4 heterocycles. The Morgan fingerprint density at radius 1 is 1.19 bits per heavy atom. The molecule has 1 saturated heterocycles. The average Bonchev–Trinajstić information content (AvgIpc) is 3.02. The molecule has 0 radical (unpaired) electrons. The number of nitrogens with zero attached hydrogens (tertiary/aromatic N) is 6. The van der Waals surface area contributed by atoms with Gasteiger partial charge in [-0.05, 0) is 24.3 Å². The molecule has 7 nitrogen and oxygen atoms in total. The molecule has 0 N–H and O–H groups in total. The second-order valence-corrected chi connectivity index (χ2v) is 7.47. The van der Waals surface area contributed by atoms with E-state index in [1.54, 1.807) is 11.6 Å². The van der Waals surface area contributed by atoms with Gasteiger partial charge in [0, 0.05) is 33.2 Å². The summed E-state index contributed by atoms with van der Waals surface area (Å²) in [5.41, 5.74) is 1.14. The predicted molar refractivity (Wildman–Crippen MR) is 105 cm³/mol. The lowest BCUT2D eigenvalue weighted by molar-refractivity contribution is 0.584. The zero-order valence-corrected chi connectivity index (χ0v) is 16.2. The highest BCUT2D eigenvalue weighted by molar-refractivity contribution is 7.17. The maximum Gasteiger partial charge on any atom is 0.272 e. The molecule has 1 aliphatic rings. The Hall–Kier alpha value is -2.55. The van der Waals surface area contributed by atoms with Crippen molar-refractivity contribution in [2.75, 3.05) is 36.0 Å². The van der Waals surface area contributed by atoms with Crippen LogP contribution in [0.5, 0.6) is 0 Å². The number of hydrogen-bond donors (Lipinski definition) is 0. The first kappa shape index (κ1) is 17.8. The molecule has 3 aromatic heterocycles. The van der Waals surface area contributed by atoms with Crippen molar-refractivity contribution in [2.45, 2.75) is 19.8 Å².